The van der Waals surface area contributed by atoms with Crippen LogP contribution in [-0.4, -0.2) is 22.8 Å². The van der Waals surface area contributed by atoms with Crippen LogP contribution in [0.5, 0.6) is 0 Å². The average Bonchev–Trinajstić information content (AvgIpc) is 2.80. The highest BCUT2D eigenvalue weighted by Crippen LogP contribution is 2.71. The Kier molecular flexibility index (Phi) is 3.91. The van der Waals surface area contributed by atoms with Crippen molar-refractivity contribution in [1.82, 2.24) is 0 Å². The molecule has 3 fully saturated rings. The van der Waals surface area contributed by atoms with Gasteiger partial charge < -0.3 is 5.11 Å². The minimum absolute atomic E-state index is 0.212. The van der Waals surface area contributed by atoms with E-state index in [0.717, 1.165) is 25.7 Å². The Labute approximate surface area is 157 Å². The summed E-state index contributed by atoms with van der Waals surface area (Å²) < 4.78 is 0. The molecule has 26 heavy (non-hydrogen) atoms. The molecule has 0 amide bonds. The van der Waals surface area contributed by atoms with Crippen molar-refractivity contribution in [3.63, 3.8) is 0 Å². The largest absolute Gasteiger partial charge is 0.393 e. The molecule has 0 radical (unpaired) electrons. The minimum atomic E-state index is -0.515. The van der Waals surface area contributed by atoms with Crippen molar-refractivity contribution in [2.45, 2.75) is 79.2 Å². The summed E-state index contributed by atoms with van der Waals surface area (Å²) in [5, 5.41) is 11.4. The number of hydrogen-bond acceptors (Lipinski definition) is 3. The molecule has 0 saturated heterocycles. The quantitative estimate of drug-likeness (QED) is 0.710. The Morgan fingerprint density at radius 3 is 2.50 bits per heavy atom. The number of allylic oxidation sites excluding steroid dienone is 2. The van der Waals surface area contributed by atoms with Crippen LogP contribution in [0, 0.1) is 39.9 Å². The summed E-state index contributed by atoms with van der Waals surface area (Å²) in [6.45, 7) is 10.3. The monoisotopic (exact) mass is 358 g/mol. The summed E-state index contributed by atoms with van der Waals surface area (Å²) in [7, 11) is 0. The predicted molar refractivity (Wildman–Crippen MR) is 101 cm³/mol. The van der Waals surface area contributed by atoms with Gasteiger partial charge in [0.1, 0.15) is 11.6 Å². The normalized spacial score (nSPS) is 53.4. The smallest absolute Gasteiger partial charge is 0.143 e. The van der Waals surface area contributed by atoms with Crippen molar-refractivity contribution in [1.29, 1.82) is 0 Å². The molecule has 3 nitrogen and oxygen atoms in total. The van der Waals surface area contributed by atoms with Crippen LogP contribution in [-0.2, 0) is 9.59 Å². The second-order valence-electron chi connectivity index (χ2n) is 10.2. The molecule has 4 aliphatic carbocycles. The van der Waals surface area contributed by atoms with Gasteiger partial charge >= 0.3 is 0 Å². The van der Waals surface area contributed by atoms with Crippen molar-refractivity contribution in [2.75, 3.05) is 0 Å². The van der Waals surface area contributed by atoms with E-state index in [9.17, 15) is 14.7 Å². The van der Waals surface area contributed by atoms with Crippen LogP contribution in [0.2, 0.25) is 0 Å². The molecule has 8 atom stereocenters. The summed E-state index contributed by atoms with van der Waals surface area (Å²) in [6.07, 6.45) is 7.08. The highest BCUT2D eigenvalue weighted by atomic mass is 16.3. The Hall–Kier alpha value is -0.960. The van der Waals surface area contributed by atoms with E-state index < -0.39 is 11.5 Å². The molecule has 0 aromatic heterocycles. The van der Waals surface area contributed by atoms with Crippen molar-refractivity contribution in [3.05, 3.63) is 11.6 Å². The fourth-order valence-corrected chi connectivity index (χ4v) is 7.88. The number of ketones is 2. The maximum Gasteiger partial charge on any atom is 0.143 e. The third-order valence-corrected chi connectivity index (χ3v) is 9.91. The Morgan fingerprint density at radius 2 is 1.85 bits per heavy atom. The molecule has 3 heteroatoms. The van der Waals surface area contributed by atoms with Gasteiger partial charge in [-0.25, -0.2) is 0 Å². The van der Waals surface area contributed by atoms with E-state index in [2.05, 4.69) is 33.8 Å². The lowest BCUT2D eigenvalue weighted by molar-refractivity contribution is -0.172. The Bertz CT molecular complexity index is 694. The van der Waals surface area contributed by atoms with E-state index in [0.29, 0.717) is 30.5 Å². The van der Waals surface area contributed by atoms with Gasteiger partial charge in [0.25, 0.3) is 0 Å². The number of hydrogen-bond donors (Lipinski definition) is 1. The number of carbonyl (C=O) groups excluding carboxylic acids is 2. The average molecular weight is 359 g/mol. The SMILES string of the molecule is CC(=O)[C@@]1(C)[C@H](C)C[C@H]2[C@@H]3CCC4=CCCC(=O)[C@]4(C)[C@H]3CC(O)[C@@]21C. The first kappa shape index (κ1) is 18.4. The predicted octanol–water partition coefficient (Wildman–Crippen LogP) is 4.33. The molecule has 1 N–H and O–H groups in total. The summed E-state index contributed by atoms with van der Waals surface area (Å²) in [4.78, 5) is 25.7. The number of rotatable bonds is 1. The summed E-state index contributed by atoms with van der Waals surface area (Å²) in [5.41, 5.74) is 0.0814. The van der Waals surface area contributed by atoms with Gasteiger partial charge in [0.05, 0.1) is 11.5 Å². The van der Waals surface area contributed by atoms with E-state index >= 15 is 0 Å². The van der Waals surface area contributed by atoms with Crippen molar-refractivity contribution < 1.29 is 14.7 Å². The third-order valence-electron chi connectivity index (χ3n) is 9.91. The summed E-state index contributed by atoms with van der Waals surface area (Å²) in [5.74, 6) is 1.86. The number of fused-ring (bicyclic) bond motifs is 5. The first-order valence-electron chi connectivity index (χ1n) is 10.5. The van der Waals surface area contributed by atoms with Gasteiger partial charge in [-0.2, -0.15) is 0 Å². The van der Waals surface area contributed by atoms with Crippen LogP contribution >= 0.6 is 0 Å². The van der Waals surface area contributed by atoms with Crippen LogP contribution in [0.1, 0.15) is 73.1 Å². The minimum Gasteiger partial charge on any atom is -0.393 e. The second-order valence-corrected chi connectivity index (χ2v) is 10.2. The highest BCUT2D eigenvalue weighted by Gasteiger charge is 2.70. The van der Waals surface area contributed by atoms with E-state index in [1.807, 2.05) is 0 Å². The molecule has 0 aromatic rings. The van der Waals surface area contributed by atoms with Gasteiger partial charge in [0.15, 0.2) is 0 Å². The van der Waals surface area contributed by atoms with Gasteiger partial charge in [0.2, 0.25) is 0 Å². The van der Waals surface area contributed by atoms with Crippen LogP contribution in [0.15, 0.2) is 11.6 Å². The van der Waals surface area contributed by atoms with Crippen molar-refractivity contribution in [3.8, 4) is 0 Å². The lowest BCUT2D eigenvalue weighted by Crippen LogP contribution is -2.61. The van der Waals surface area contributed by atoms with Gasteiger partial charge in [0, 0.05) is 17.3 Å². The van der Waals surface area contributed by atoms with Gasteiger partial charge in [-0.15, -0.1) is 0 Å². The fourth-order valence-electron chi connectivity index (χ4n) is 7.88. The number of carbonyl (C=O) groups is 2. The zero-order valence-electron chi connectivity index (χ0n) is 17.0. The molecule has 1 unspecified atom stereocenters. The highest BCUT2D eigenvalue weighted by molar-refractivity contribution is 5.89. The number of Topliss-reactive ketones (excluding diaryl/α,β-unsaturated/α-hetero) is 2. The van der Waals surface area contributed by atoms with Crippen molar-refractivity contribution >= 4 is 11.6 Å². The molecule has 3 saturated carbocycles. The lowest BCUT2D eigenvalue weighted by atomic mass is 9.44. The maximum atomic E-state index is 13.0. The van der Waals surface area contributed by atoms with E-state index in [-0.39, 0.29) is 28.4 Å². The van der Waals surface area contributed by atoms with E-state index in [1.165, 1.54) is 5.57 Å². The standard InChI is InChI=1S/C23H34O3/c1-13-11-18-16-10-9-15-7-6-8-19(25)21(15,3)17(16)12-20(26)23(18,5)22(13,4)14(2)24/h7,13,16-18,20,26H,6,8-12H2,1-5H3/t13-,16-,17+,18+,20?,21+,22-,23-/m1/s1. The maximum absolute atomic E-state index is 13.0. The summed E-state index contributed by atoms with van der Waals surface area (Å²) in [6, 6.07) is 0. The molecular formula is C23H34O3. The van der Waals surface area contributed by atoms with Crippen LogP contribution in [0.25, 0.3) is 0 Å². The van der Waals surface area contributed by atoms with Gasteiger partial charge in [-0.3, -0.25) is 9.59 Å². The molecule has 0 spiro atoms. The molecule has 0 bridgehead atoms. The van der Waals surface area contributed by atoms with Gasteiger partial charge in [-0.05, 0) is 69.6 Å². The third kappa shape index (κ3) is 1.89. The van der Waals surface area contributed by atoms with E-state index in [1.54, 1.807) is 6.92 Å². The number of aliphatic hydroxyl groups excluding tert-OH is 1. The van der Waals surface area contributed by atoms with Crippen LogP contribution in [0.4, 0.5) is 0 Å². The molecule has 0 aliphatic heterocycles. The molecule has 144 valence electrons. The van der Waals surface area contributed by atoms with Crippen molar-refractivity contribution in [2.24, 2.45) is 39.9 Å². The zero-order chi connectivity index (χ0) is 19.1. The second kappa shape index (κ2) is 5.53. The first-order chi connectivity index (χ1) is 12.1. The fraction of sp³-hybridized carbons (Fsp3) is 0.826. The molecular weight excluding hydrogens is 324 g/mol. The van der Waals surface area contributed by atoms with E-state index in [4.69, 9.17) is 0 Å². The zero-order valence-corrected chi connectivity index (χ0v) is 17.0. The summed E-state index contributed by atoms with van der Waals surface area (Å²) >= 11 is 0. The Morgan fingerprint density at radius 1 is 1.15 bits per heavy atom. The topological polar surface area (TPSA) is 54.4 Å². The number of aliphatic hydroxyl groups is 1. The molecule has 0 heterocycles. The molecule has 4 rings (SSSR count). The van der Waals surface area contributed by atoms with Crippen LogP contribution < -0.4 is 0 Å². The lowest BCUT2D eigenvalue weighted by Gasteiger charge is -2.60. The molecule has 4 aliphatic rings. The van der Waals surface area contributed by atoms with Crippen LogP contribution in [0.3, 0.4) is 0 Å². The first-order valence-corrected chi connectivity index (χ1v) is 10.5. The Balaban J connectivity index is 1.81. The van der Waals surface area contributed by atoms with Gasteiger partial charge in [-0.1, -0.05) is 32.4 Å². The molecule has 0 aromatic carbocycles.